The summed E-state index contributed by atoms with van der Waals surface area (Å²) in [5.41, 5.74) is -0.0454. The summed E-state index contributed by atoms with van der Waals surface area (Å²) in [6, 6.07) is 18.6. The summed E-state index contributed by atoms with van der Waals surface area (Å²) in [5, 5.41) is 10.6. The molecule has 164 valence electrons. The predicted molar refractivity (Wildman–Crippen MR) is 120 cm³/mol. The van der Waals surface area contributed by atoms with Gasteiger partial charge in [0.1, 0.15) is 17.2 Å². The Balaban J connectivity index is 0.000000186. The van der Waals surface area contributed by atoms with Crippen LogP contribution in [0.15, 0.2) is 72.8 Å². The maximum absolute atomic E-state index is 13.6. The summed E-state index contributed by atoms with van der Waals surface area (Å²) >= 11 is 0. The van der Waals surface area contributed by atoms with Gasteiger partial charge in [0.25, 0.3) is 0 Å². The van der Waals surface area contributed by atoms with E-state index in [1.54, 1.807) is 63.2 Å². The van der Waals surface area contributed by atoms with E-state index >= 15 is 0 Å². The molecule has 6 heteroatoms. The highest BCUT2D eigenvalue weighted by Gasteiger charge is 2.19. The summed E-state index contributed by atoms with van der Waals surface area (Å²) in [6.07, 6.45) is 0. The van der Waals surface area contributed by atoms with Gasteiger partial charge in [-0.1, -0.05) is 48.5 Å². The molecular weight excluding hydrogens is 414 g/mol. The van der Waals surface area contributed by atoms with Gasteiger partial charge in [0.05, 0.1) is 11.1 Å². The average molecular weight is 436 g/mol. The van der Waals surface area contributed by atoms with Gasteiger partial charge in [0.2, 0.25) is 0 Å². The molecule has 0 spiro atoms. The lowest BCUT2D eigenvalue weighted by Gasteiger charge is -2.20. The van der Waals surface area contributed by atoms with Crippen LogP contribution in [0.2, 0.25) is 0 Å². The number of ether oxygens (including phenoxy) is 1. The second kappa shape index (κ2) is 9.14. The average Bonchev–Trinajstić information content (AvgIpc) is 2.73. The number of carboxylic acid groups (broad SMARTS) is 1. The van der Waals surface area contributed by atoms with Crippen LogP contribution in [0.3, 0.4) is 0 Å². The number of carboxylic acids is 1. The van der Waals surface area contributed by atoms with Gasteiger partial charge in [-0.3, -0.25) is 0 Å². The molecule has 0 aliphatic heterocycles. The number of hydrogen-bond acceptors (Lipinski definition) is 3. The number of benzene rings is 4. The van der Waals surface area contributed by atoms with E-state index in [2.05, 4.69) is 0 Å². The molecule has 4 aromatic carbocycles. The van der Waals surface area contributed by atoms with E-state index in [1.165, 1.54) is 30.3 Å². The number of aromatic carboxylic acids is 1. The van der Waals surface area contributed by atoms with Crippen molar-refractivity contribution in [2.75, 3.05) is 0 Å². The highest BCUT2D eigenvalue weighted by atomic mass is 19.1. The molecule has 0 saturated carbocycles. The van der Waals surface area contributed by atoms with Gasteiger partial charge in [0, 0.05) is 10.8 Å². The van der Waals surface area contributed by atoms with E-state index in [9.17, 15) is 18.4 Å². The molecule has 0 heterocycles. The molecule has 0 fully saturated rings. The molecule has 4 aromatic rings. The van der Waals surface area contributed by atoms with Crippen LogP contribution in [-0.4, -0.2) is 22.6 Å². The monoisotopic (exact) mass is 436 g/mol. The quantitative estimate of drug-likeness (QED) is 0.359. The first kappa shape index (κ1) is 22.9. The number of fused-ring (bicyclic) bond motifs is 2. The minimum absolute atomic E-state index is 0.127. The van der Waals surface area contributed by atoms with Gasteiger partial charge >= 0.3 is 11.9 Å². The normalized spacial score (nSPS) is 11.0. The summed E-state index contributed by atoms with van der Waals surface area (Å²) in [6.45, 7) is 5.41. The Labute approximate surface area is 184 Å². The highest BCUT2D eigenvalue weighted by Crippen LogP contribution is 2.24. The molecule has 1 N–H and O–H groups in total. The second-order valence-electron chi connectivity index (χ2n) is 8.09. The second-order valence-corrected chi connectivity index (χ2v) is 8.09. The third-order valence-corrected chi connectivity index (χ3v) is 4.59. The number of hydrogen-bond donors (Lipinski definition) is 1. The first-order valence-corrected chi connectivity index (χ1v) is 9.89. The number of esters is 1. The Morgan fingerprint density at radius 3 is 1.56 bits per heavy atom. The third-order valence-electron chi connectivity index (χ3n) is 4.59. The summed E-state index contributed by atoms with van der Waals surface area (Å²) < 4.78 is 32.2. The van der Waals surface area contributed by atoms with Crippen molar-refractivity contribution in [3.8, 4) is 0 Å². The molecule has 0 saturated heterocycles. The SMILES string of the molecule is CC(C)(C)OC(=O)c1cccc2c(F)cccc12.O=C(O)c1cccc2c(F)cccc12. The summed E-state index contributed by atoms with van der Waals surface area (Å²) in [4.78, 5) is 22.8. The Bertz CT molecular complexity index is 1310. The van der Waals surface area contributed by atoms with Gasteiger partial charge < -0.3 is 9.84 Å². The Kier molecular flexibility index (Phi) is 6.53. The fraction of sp³-hybridized carbons (Fsp3) is 0.154. The standard InChI is InChI=1S/C15H15FO2.C11H7FO2/c1-15(2,3)18-14(17)12-8-4-7-11-10(12)6-5-9-13(11)16;12-10-6-2-3-7-8(10)4-1-5-9(7)11(13)14/h4-9H,1-3H3;1-6H,(H,13,14). The predicted octanol–water partition coefficient (Wildman–Crippen LogP) is 6.61. The molecule has 0 aliphatic carbocycles. The number of halogens is 2. The number of carbonyl (C=O) groups excluding carboxylic acids is 1. The Hall–Kier alpha value is -3.80. The largest absolute Gasteiger partial charge is 0.478 e. The van der Waals surface area contributed by atoms with E-state index in [1.807, 2.05) is 0 Å². The van der Waals surface area contributed by atoms with E-state index < -0.39 is 23.4 Å². The molecule has 4 rings (SSSR count). The molecule has 0 bridgehead atoms. The van der Waals surface area contributed by atoms with Crippen molar-refractivity contribution < 1.29 is 28.2 Å². The van der Waals surface area contributed by atoms with Crippen molar-refractivity contribution >= 4 is 33.5 Å². The van der Waals surface area contributed by atoms with Gasteiger partial charge in [-0.25, -0.2) is 18.4 Å². The van der Waals surface area contributed by atoms with Crippen molar-refractivity contribution in [3.05, 3.63) is 95.6 Å². The Morgan fingerprint density at radius 2 is 1.09 bits per heavy atom. The van der Waals surface area contributed by atoms with Gasteiger partial charge in [-0.2, -0.15) is 0 Å². The molecule has 0 aromatic heterocycles. The lowest BCUT2D eigenvalue weighted by Crippen LogP contribution is -2.24. The minimum atomic E-state index is -1.04. The van der Waals surface area contributed by atoms with Crippen LogP contribution in [0, 0.1) is 11.6 Å². The first-order valence-electron chi connectivity index (χ1n) is 9.89. The molecular formula is C26H22F2O4. The zero-order chi connectivity index (χ0) is 23.5. The lowest BCUT2D eigenvalue weighted by molar-refractivity contribution is 0.00716. The molecule has 0 unspecified atom stereocenters. The van der Waals surface area contributed by atoms with E-state index in [-0.39, 0.29) is 11.4 Å². The fourth-order valence-corrected chi connectivity index (χ4v) is 3.24. The van der Waals surface area contributed by atoms with Crippen LogP contribution in [-0.2, 0) is 4.74 Å². The van der Waals surface area contributed by atoms with Crippen molar-refractivity contribution in [2.45, 2.75) is 26.4 Å². The van der Waals surface area contributed by atoms with Crippen molar-refractivity contribution in [2.24, 2.45) is 0 Å². The van der Waals surface area contributed by atoms with Crippen LogP contribution >= 0.6 is 0 Å². The zero-order valence-corrected chi connectivity index (χ0v) is 17.9. The van der Waals surface area contributed by atoms with Crippen LogP contribution in [0.1, 0.15) is 41.5 Å². The van der Waals surface area contributed by atoms with Gasteiger partial charge in [-0.15, -0.1) is 0 Å². The van der Waals surface area contributed by atoms with Crippen LogP contribution in [0.4, 0.5) is 8.78 Å². The van der Waals surface area contributed by atoms with E-state index in [0.717, 1.165) is 0 Å². The van der Waals surface area contributed by atoms with E-state index in [4.69, 9.17) is 9.84 Å². The topological polar surface area (TPSA) is 63.6 Å². The maximum Gasteiger partial charge on any atom is 0.339 e. The van der Waals surface area contributed by atoms with Crippen LogP contribution in [0.25, 0.3) is 21.5 Å². The smallest absolute Gasteiger partial charge is 0.339 e. The van der Waals surface area contributed by atoms with Gasteiger partial charge in [0.15, 0.2) is 0 Å². The number of rotatable bonds is 2. The number of carbonyl (C=O) groups is 2. The minimum Gasteiger partial charge on any atom is -0.478 e. The van der Waals surface area contributed by atoms with Crippen LogP contribution < -0.4 is 0 Å². The van der Waals surface area contributed by atoms with Crippen molar-refractivity contribution in [1.82, 2.24) is 0 Å². The molecule has 0 atom stereocenters. The molecule has 0 aliphatic rings. The molecule has 4 nitrogen and oxygen atoms in total. The summed E-state index contributed by atoms with van der Waals surface area (Å²) in [5.74, 6) is -2.21. The maximum atomic E-state index is 13.6. The molecule has 0 radical (unpaired) electrons. The summed E-state index contributed by atoms with van der Waals surface area (Å²) in [7, 11) is 0. The third kappa shape index (κ3) is 5.09. The first-order chi connectivity index (χ1) is 15.1. The van der Waals surface area contributed by atoms with E-state index in [0.29, 0.717) is 27.1 Å². The van der Waals surface area contributed by atoms with Crippen LogP contribution in [0.5, 0.6) is 0 Å². The highest BCUT2D eigenvalue weighted by molar-refractivity contribution is 6.05. The Morgan fingerprint density at radius 1 is 0.688 bits per heavy atom. The lowest BCUT2D eigenvalue weighted by atomic mass is 10.0. The van der Waals surface area contributed by atoms with Gasteiger partial charge in [-0.05, 0) is 55.8 Å². The molecule has 0 amide bonds. The molecule has 32 heavy (non-hydrogen) atoms. The van der Waals surface area contributed by atoms with Crippen molar-refractivity contribution in [1.29, 1.82) is 0 Å². The van der Waals surface area contributed by atoms with Crippen molar-refractivity contribution in [3.63, 3.8) is 0 Å². The zero-order valence-electron chi connectivity index (χ0n) is 17.9. The fourth-order valence-electron chi connectivity index (χ4n) is 3.24.